The minimum absolute atomic E-state index is 0.0706. The van der Waals surface area contributed by atoms with Gasteiger partial charge in [-0.25, -0.2) is 4.98 Å². The van der Waals surface area contributed by atoms with Gasteiger partial charge in [-0.05, 0) is 23.8 Å². The van der Waals surface area contributed by atoms with Gasteiger partial charge in [-0.2, -0.15) is 0 Å². The molecule has 1 aromatic carbocycles. The molecule has 0 aliphatic heterocycles. The lowest BCUT2D eigenvalue weighted by Crippen LogP contribution is -2.23. The smallest absolute Gasteiger partial charge is 0.166 e. The first-order chi connectivity index (χ1) is 9.95. The molecule has 0 amide bonds. The summed E-state index contributed by atoms with van der Waals surface area (Å²) in [5.41, 5.74) is 4.47. The van der Waals surface area contributed by atoms with Crippen molar-refractivity contribution in [1.29, 1.82) is 0 Å². The zero-order valence-corrected chi connectivity index (χ0v) is 12.9. The van der Waals surface area contributed by atoms with E-state index in [1.165, 1.54) is 11.3 Å². The van der Waals surface area contributed by atoms with Gasteiger partial charge in [-0.3, -0.25) is 4.79 Å². The molecule has 1 N–H and O–H groups in total. The SMILES string of the molecule is CC(C)(C)c1ccc(C(=O)C2CCc3[nH]cnc3C2)cc1. The molecule has 1 aromatic heterocycles. The van der Waals surface area contributed by atoms with Crippen molar-refractivity contribution in [2.75, 3.05) is 0 Å². The average molecular weight is 282 g/mol. The molecular weight excluding hydrogens is 260 g/mol. The molecule has 21 heavy (non-hydrogen) atoms. The van der Waals surface area contributed by atoms with E-state index >= 15 is 0 Å². The molecule has 0 saturated carbocycles. The van der Waals surface area contributed by atoms with Crippen molar-refractivity contribution in [2.45, 2.75) is 45.4 Å². The van der Waals surface area contributed by atoms with Gasteiger partial charge in [0.25, 0.3) is 0 Å². The van der Waals surface area contributed by atoms with E-state index in [4.69, 9.17) is 0 Å². The molecule has 3 rings (SSSR count). The Bertz CT molecular complexity index is 647. The number of aromatic nitrogens is 2. The third-order valence-electron chi connectivity index (χ3n) is 4.40. The summed E-state index contributed by atoms with van der Waals surface area (Å²) in [6.45, 7) is 6.55. The molecule has 2 aromatic rings. The molecule has 0 spiro atoms. The third kappa shape index (κ3) is 2.78. The second kappa shape index (κ2) is 5.14. The number of imidazole rings is 1. The van der Waals surface area contributed by atoms with Gasteiger partial charge < -0.3 is 4.98 Å². The van der Waals surface area contributed by atoms with Crippen LogP contribution in [-0.4, -0.2) is 15.8 Å². The molecule has 0 bridgehead atoms. The molecule has 0 fully saturated rings. The van der Waals surface area contributed by atoms with E-state index in [0.717, 1.165) is 30.5 Å². The summed E-state index contributed by atoms with van der Waals surface area (Å²) < 4.78 is 0. The van der Waals surface area contributed by atoms with Crippen LogP contribution in [0.2, 0.25) is 0 Å². The zero-order chi connectivity index (χ0) is 15.0. The third-order valence-corrected chi connectivity index (χ3v) is 4.40. The summed E-state index contributed by atoms with van der Waals surface area (Å²) in [5, 5.41) is 0. The van der Waals surface area contributed by atoms with Crippen molar-refractivity contribution in [2.24, 2.45) is 5.92 Å². The number of carbonyl (C=O) groups excluding carboxylic acids is 1. The van der Waals surface area contributed by atoms with E-state index in [1.807, 2.05) is 12.1 Å². The normalized spacial score (nSPS) is 18.3. The van der Waals surface area contributed by atoms with E-state index in [9.17, 15) is 4.79 Å². The molecule has 1 atom stereocenters. The van der Waals surface area contributed by atoms with Gasteiger partial charge in [0.2, 0.25) is 0 Å². The maximum absolute atomic E-state index is 12.7. The van der Waals surface area contributed by atoms with Crippen molar-refractivity contribution in [1.82, 2.24) is 9.97 Å². The fraction of sp³-hybridized carbons (Fsp3) is 0.444. The van der Waals surface area contributed by atoms with Gasteiger partial charge in [-0.1, -0.05) is 45.0 Å². The number of ketones is 1. The monoisotopic (exact) mass is 282 g/mol. The Balaban J connectivity index is 1.77. The van der Waals surface area contributed by atoms with Gasteiger partial charge in [0.15, 0.2) is 5.78 Å². The van der Waals surface area contributed by atoms with E-state index in [1.54, 1.807) is 6.33 Å². The Labute approximate surface area is 125 Å². The summed E-state index contributed by atoms with van der Waals surface area (Å²) in [7, 11) is 0. The van der Waals surface area contributed by atoms with Crippen LogP contribution in [0.1, 0.15) is 54.5 Å². The quantitative estimate of drug-likeness (QED) is 0.854. The number of nitrogens with one attached hydrogen (secondary N) is 1. The maximum atomic E-state index is 12.7. The summed E-state index contributed by atoms with van der Waals surface area (Å²) in [6, 6.07) is 8.11. The second-order valence-corrected chi connectivity index (χ2v) is 6.96. The summed E-state index contributed by atoms with van der Waals surface area (Å²) in [6.07, 6.45) is 4.33. The number of aromatic amines is 1. The van der Waals surface area contributed by atoms with Gasteiger partial charge in [0.05, 0.1) is 12.0 Å². The number of benzene rings is 1. The number of carbonyl (C=O) groups is 1. The average Bonchev–Trinajstić information content (AvgIpc) is 2.93. The highest BCUT2D eigenvalue weighted by atomic mass is 16.1. The first-order valence-corrected chi connectivity index (χ1v) is 7.61. The number of aryl methyl sites for hydroxylation is 1. The van der Waals surface area contributed by atoms with E-state index < -0.39 is 0 Å². The minimum atomic E-state index is 0.0706. The van der Waals surface area contributed by atoms with Crippen molar-refractivity contribution >= 4 is 5.78 Å². The Kier molecular flexibility index (Phi) is 3.44. The van der Waals surface area contributed by atoms with Gasteiger partial charge >= 0.3 is 0 Å². The Morgan fingerprint density at radius 1 is 1.24 bits per heavy atom. The highest BCUT2D eigenvalue weighted by molar-refractivity contribution is 5.98. The molecule has 3 heteroatoms. The number of hydrogen-bond donors (Lipinski definition) is 1. The molecule has 0 radical (unpaired) electrons. The van der Waals surface area contributed by atoms with Crippen LogP contribution in [0.25, 0.3) is 0 Å². The topological polar surface area (TPSA) is 45.8 Å². The van der Waals surface area contributed by atoms with Crippen molar-refractivity contribution in [3.05, 3.63) is 53.1 Å². The van der Waals surface area contributed by atoms with E-state index in [2.05, 4.69) is 42.9 Å². The molecule has 3 nitrogen and oxygen atoms in total. The van der Waals surface area contributed by atoms with Crippen LogP contribution < -0.4 is 0 Å². The van der Waals surface area contributed by atoms with E-state index in [0.29, 0.717) is 0 Å². The molecule has 1 aliphatic rings. The standard InChI is InChI=1S/C18H22N2O/c1-18(2,3)14-7-4-12(5-8-14)17(21)13-6-9-15-16(10-13)20-11-19-15/h4-5,7-8,11,13H,6,9-10H2,1-3H3,(H,19,20). The van der Waals surface area contributed by atoms with Gasteiger partial charge in [0.1, 0.15) is 0 Å². The first-order valence-electron chi connectivity index (χ1n) is 7.61. The molecule has 1 aliphatic carbocycles. The molecule has 0 saturated heterocycles. The highest BCUT2D eigenvalue weighted by Gasteiger charge is 2.27. The number of Topliss-reactive ketones (excluding diaryl/α,β-unsaturated/α-hetero) is 1. The predicted molar refractivity (Wildman–Crippen MR) is 83.6 cm³/mol. The van der Waals surface area contributed by atoms with Gasteiger partial charge in [-0.15, -0.1) is 0 Å². The lowest BCUT2D eigenvalue weighted by molar-refractivity contribution is 0.0907. The highest BCUT2D eigenvalue weighted by Crippen LogP contribution is 2.27. The summed E-state index contributed by atoms with van der Waals surface area (Å²) >= 11 is 0. The minimum Gasteiger partial charge on any atom is -0.348 e. The van der Waals surface area contributed by atoms with Crippen LogP contribution in [0.4, 0.5) is 0 Å². The van der Waals surface area contributed by atoms with Gasteiger partial charge in [0, 0.05) is 23.6 Å². The number of fused-ring (bicyclic) bond motifs is 1. The number of hydrogen-bond acceptors (Lipinski definition) is 2. The lowest BCUT2D eigenvalue weighted by atomic mass is 9.82. The number of H-pyrrole nitrogens is 1. The number of nitrogens with zero attached hydrogens (tertiary/aromatic N) is 1. The van der Waals surface area contributed by atoms with Crippen molar-refractivity contribution < 1.29 is 4.79 Å². The largest absolute Gasteiger partial charge is 0.348 e. The fourth-order valence-corrected chi connectivity index (χ4v) is 2.99. The molecule has 1 heterocycles. The summed E-state index contributed by atoms with van der Waals surface area (Å²) in [4.78, 5) is 20.1. The molecule has 110 valence electrons. The van der Waals surface area contributed by atoms with Crippen LogP contribution in [-0.2, 0) is 18.3 Å². The first kappa shape index (κ1) is 14.1. The van der Waals surface area contributed by atoms with Crippen LogP contribution in [0, 0.1) is 5.92 Å². The fourth-order valence-electron chi connectivity index (χ4n) is 2.99. The number of rotatable bonds is 2. The van der Waals surface area contributed by atoms with Crippen molar-refractivity contribution in [3.63, 3.8) is 0 Å². The van der Waals surface area contributed by atoms with Crippen LogP contribution in [0.15, 0.2) is 30.6 Å². The summed E-state index contributed by atoms with van der Waals surface area (Å²) in [5.74, 6) is 0.324. The molecular formula is C18H22N2O. The van der Waals surface area contributed by atoms with Crippen LogP contribution in [0.3, 0.4) is 0 Å². The molecule has 1 unspecified atom stereocenters. The maximum Gasteiger partial charge on any atom is 0.166 e. The van der Waals surface area contributed by atoms with Crippen LogP contribution in [0.5, 0.6) is 0 Å². The van der Waals surface area contributed by atoms with Crippen LogP contribution >= 0.6 is 0 Å². The predicted octanol–water partition coefficient (Wildman–Crippen LogP) is 3.70. The van der Waals surface area contributed by atoms with Crippen molar-refractivity contribution in [3.8, 4) is 0 Å². The Morgan fingerprint density at radius 3 is 2.62 bits per heavy atom. The Hall–Kier alpha value is -1.90. The van der Waals surface area contributed by atoms with E-state index in [-0.39, 0.29) is 17.1 Å². The lowest BCUT2D eigenvalue weighted by Gasteiger charge is -2.21. The Morgan fingerprint density at radius 2 is 1.95 bits per heavy atom. The zero-order valence-electron chi connectivity index (χ0n) is 12.9. The second-order valence-electron chi connectivity index (χ2n) is 6.96.